The van der Waals surface area contributed by atoms with Crippen LogP contribution in [0.5, 0.6) is 5.75 Å². The van der Waals surface area contributed by atoms with Crippen molar-refractivity contribution in [3.8, 4) is 5.75 Å². The molecule has 0 bridgehead atoms. The number of hydrogen-bond donors (Lipinski definition) is 0. The summed E-state index contributed by atoms with van der Waals surface area (Å²) in [5.74, 6) is 0.121. The molecule has 1 aromatic rings. The largest absolute Gasteiger partial charge is 0.490 e. The average molecular weight is 293 g/mol. The molecular weight excluding hydrogens is 270 g/mol. The van der Waals surface area contributed by atoms with Crippen molar-refractivity contribution in [1.29, 1.82) is 0 Å². The second-order valence-corrected chi connectivity index (χ2v) is 5.27. The van der Waals surface area contributed by atoms with Crippen LogP contribution < -0.4 is 4.74 Å². The normalized spacial score (nSPS) is 12.0. The predicted octanol–water partition coefficient (Wildman–Crippen LogP) is 4.54. The number of carbonyl (C=O) groups is 1. The van der Waals surface area contributed by atoms with E-state index in [1.165, 1.54) is 38.3 Å². The number of benzene rings is 1. The zero-order valence-electron chi connectivity index (χ0n) is 12.9. The minimum atomic E-state index is -0.546. The summed E-state index contributed by atoms with van der Waals surface area (Å²) in [5, 5.41) is 11.0. The van der Waals surface area contributed by atoms with Gasteiger partial charge in [0.2, 0.25) is 0 Å². The van der Waals surface area contributed by atoms with Crippen molar-refractivity contribution in [2.45, 2.75) is 59.0 Å². The van der Waals surface area contributed by atoms with Gasteiger partial charge in [0, 0.05) is 0 Å². The Kier molecular flexibility index (Phi) is 6.85. The van der Waals surface area contributed by atoms with Crippen molar-refractivity contribution in [1.82, 2.24) is 0 Å². The standard InChI is InChI=1S/C16H23NO4/c1-4-5-6-7-8-12(2)21-14-9-10-15(13(3)18)16(11-14)17(19)20/h9-12H,4-8H2,1-3H3. The summed E-state index contributed by atoms with van der Waals surface area (Å²) in [6.45, 7) is 5.44. The van der Waals surface area contributed by atoms with Gasteiger partial charge in [0.05, 0.1) is 22.7 Å². The topological polar surface area (TPSA) is 69.4 Å². The first-order valence-corrected chi connectivity index (χ1v) is 7.41. The van der Waals surface area contributed by atoms with Gasteiger partial charge < -0.3 is 4.74 Å². The second-order valence-electron chi connectivity index (χ2n) is 5.27. The highest BCUT2D eigenvalue weighted by atomic mass is 16.6. The monoisotopic (exact) mass is 293 g/mol. The van der Waals surface area contributed by atoms with Crippen LogP contribution in [0.25, 0.3) is 0 Å². The number of nitro groups is 1. The molecule has 1 atom stereocenters. The number of nitrogens with zero attached hydrogens (tertiary/aromatic N) is 1. The fraction of sp³-hybridized carbons (Fsp3) is 0.562. The Hall–Kier alpha value is -1.91. The van der Waals surface area contributed by atoms with Crippen LogP contribution >= 0.6 is 0 Å². The van der Waals surface area contributed by atoms with E-state index in [0.717, 1.165) is 12.8 Å². The first-order valence-electron chi connectivity index (χ1n) is 7.41. The van der Waals surface area contributed by atoms with Crippen LogP contribution in [-0.4, -0.2) is 16.8 Å². The van der Waals surface area contributed by atoms with Crippen molar-refractivity contribution in [3.05, 3.63) is 33.9 Å². The van der Waals surface area contributed by atoms with Crippen LogP contribution in [0, 0.1) is 10.1 Å². The van der Waals surface area contributed by atoms with Crippen molar-refractivity contribution >= 4 is 11.5 Å². The minimum Gasteiger partial charge on any atom is -0.490 e. The molecule has 1 unspecified atom stereocenters. The number of carbonyl (C=O) groups excluding carboxylic acids is 1. The molecule has 0 aromatic heterocycles. The van der Waals surface area contributed by atoms with E-state index >= 15 is 0 Å². The summed E-state index contributed by atoms with van der Waals surface area (Å²) in [5.41, 5.74) is -0.0823. The van der Waals surface area contributed by atoms with Gasteiger partial charge >= 0.3 is 0 Å². The molecule has 116 valence electrons. The number of nitro benzene ring substituents is 1. The molecule has 0 aliphatic heterocycles. The molecule has 5 heteroatoms. The lowest BCUT2D eigenvalue weighted by Crippen LogP contribution is -2.12. The van der Waals surface area contributed by atoms with E-state index in [0.29, 0.717) is 5.75 Å². The maximum Gasteiger partial charge on any atom is 0.283 e. The molecule has 1 rings (SSSR count). The molecule has 5 nitrogen and oxygen atoms in total. The Morgan fingerprint density at radius 1 is 1.33 bits per heavy atom. The number of unbranched alkanes of at least 4 members (excludes halogenated alkanes) is 3. The highest BCUT2D eigenvalue weighted by molar-refractivity contribution is 5.98. The summed E-state index contributed by atoms with van der Waals surface area (Å²) in [4.78, 5) is 21.8. The zero-order valence-corrected chi connectivity index (χ0v) is 12.9. The SMILES string of the molecule is CCCCCCC(C)Oc1ccc(C(C)=O)c([N+](=O)[O-])c1. The first kappa shape index (κ1) is 17.1. The molecular formula is C16H23NO4. The van der Waals surface area contributed by atoms with E-state index in [4.69, 9.17) is 4.74 Å². The minimum absolute atomic E-state index is 0.00429. The van der Waals surface area contributed by atoms with Crippen LogP contribution in [-0.2, 0) is 0 Å². The molecule has 0 aliphatic rings. The summed E-state index contributed by atoms with van der Waals surface area (Å²) < 4.78 is 5.70. The van der Waals surface area contributed by atoms with Gasteiger partial charge in [-0.15, -0.1) is 0 Å². The predicted molar refractivity (Wildman–Crippen MR) is 81.9 cm³/mol. The summed E-state index contributed by atoms with van der Waals surface area (Å²) in [6, 6.07) is 4.41. The third-order valence-electron chi connectivity index (χ3n) is 3.35. The fourth-order valence-electron chi connectivity index (χ4n) is 2.18. The van der Waals surface area contributed by atoms with Crippen LogP contribution in [0.2, 0.25) is 0 Å². The van der Waals surface area contributed by atoms with Gasteiger partial charge in [-0.1, -0.05) is 26.2 Å². The second kappa shape index (κ2) is 8.39. The molecule has 0 fully saturated rings. The van der Waals surface area contributed by atoms with Crippen LogP contribution in [0.4, 0.5) is 5.69 Å². The lowest BCUT2D eigenvalue weighted by molar-refractivity contribution is -0.385. The molecule has 0 aliphatic carbocycles. The summed E-state index contributed by atoms with van der Waals surface area (Å²) in [6.07, 6.45) is 5.59. The molecule has 0 heterocycles. The molecule has 21 heavy (non-hydrogen) atoms. The third kappa shape index (κ3) is 5.53. The van der Waals surface area contributed by atoms with Gasteiger partial charge in [-0.25, -0.2) is 0 Å². The van der Waals surface area contributed by atoms with E-state index in [1.54, 1.807) is 6.07 Å². The number of ketones is 1. The van der Waals surface area contributed by atoms with E-state index in [1.807, 2.05) is 6.92 Å². The maximum atomic E-state index is 11.4. The Bertz CT molecular complexity index is 499. The van der Waals surface area contributed by atoms with Crippen LogP contribution in [0.1, 0.15) is 63.2 Å². The Morgan fingerprint density at radius 2 is 2.05 bits per heavy atom. The van der Waals surface area contributed by atoms with Crippen molar-refractivity contribution < 1.29 is 14.5 Å². The number of hydrogen-bond acceptors (Lipinski definition) is 4. The summed E-state index contributed by atoms with van der Waals surface area (Å²) >= 11 is 0. The van der Waals surface area contributed by atoms with Crippen molar-refractivity contribution in [3.63, 3.8) is 0 Å². The van der Waals surface area contributed by atoms with E-state index < -0.39 is 4.92 Å². The molecule has 0 spiro atoms. The highest BCUT2D eigenvalue weighted by Gasteiger charge is 2.19. The van der Waals surface area contributed by atoms with Gasteiger partial charge in [0.15, 0.2) is 5.78 Å². The lowest BCUT2D eigenvalue weighted by Gasteiger charge is -2.14. The Labute approximate surface area is 125 Å². The van der Waals surface area contributed by atoms with Gasteiger partial charge in [-0.05, 0) is 38.8 Å². The van der Waals surface area contributed by atoms with Crippen molar-refractivity contribution in [2.75, 3.05) is 0 Å². The quantitative estimate of drug-likeness (QED) is 0.290. The fourth-order valence-corrected chi connectivity index (χ4v) is 2.18. The Morgan fingerprint density at radius 3 is 2.62 bits per heavy atom. The molecule has 0 saturated carbocycles. The molecule has 0 N–H and O–H groups in total. The highest BCUT2D eigenvalue weighted by Crippen LogP contribution is 2.26. The lowest BCUT2D eigenvalue weighted by atomic mass is 10.1. The Balaban J connectivity index is 2.69. The zero-order chi connectivity index (χ0) is 15.8. The summed E-state index contributed by atoms with van der Waals surface area (Å²) in [7, 11) is 0. The third-order valence-corrected chi connectivity index (χ3v) is 3.35. The van der Waals surface area contributed by atoms with Gasteiger partial charge in [-0.3, -0.25) is 14.9 Å². The number of rotatable bonds is 9. The van der Waals surface area contributed by atoms with Crippen LogP contribution in [0.3, 0.4) is 0 Å². The smallest absolute Gasteiger partial charge is 0.283 e. The molecule has 0 saturated heterocycles. The van der Waals surface area contributed by atoms with E-state index in [9.17, 15) is 14.9 Å². The van der Waals surface area contributed by atoms with Crippen molar-refractivity contribution in [2.24, 2.45) is 0 Å². The maximum absolute atomic E-state index is 11.4. The molecule has 0 radical (unpaired) electrons. The molecule has 1 aromatic carbocycles. The molecule has 0 amide bonds. The van der Waals surface area contributed by atoms with E-state index in [2.05, 4.69) is 6.92 Å². The first-order chi connectivity index (χ1) is 9.95. The van der Waals surface area contributed by atoms with Gasteiger partial charge in [0.25, 0.3) is 5.69 Å². The van der Waals surface area contributed by atoms with E-state index in [-0.39, 0.29) is 23.1 Å². The van der Waals surface area contributed by atoms with Gasteiger partial charge in [-0.2, -0.15) is 0 Å². The number of Topliss-reactive ketones (excluding diaryl/α,β-unsaturated/α-hetero) is 1. The van der Waals surface area contributed by atoms with Gasteiger partial charge in [0.1, 0.15) is 5.75 Å². The average Bonchev–Trinajstić information content (AvgIpc) is 2.43. The van der Waals surface area contributed by atoms with Crippen LogP contribution in [0.15, 0.2) is 18.2 Å². The number of ether oxygens (including phenoxy) is 1.